The van der Waals surface area contributed by atoms with Crippen LogP contribution < -0.4 is 11.1 Å². The van der Waals surface area contributed by atoms with Gasteiger partial charge in [-0.05, 0) is 24.1 Å². The molecule has 1 amide bonds. The Hall–Kier alpha value is -1.11. The number of nitrogens with two attached hydrogens (primary N) is 1. The van der Waals surface area contributed by atoms with Gasteiger partial charge in [0.25, 0.3) is 0 Å². The van der Waals surface area contributed by atoms with Gasteiger partial charge in [-0.3, -0.25) is 9.59 Å². The van der Waals surface area contributed by atoms with Gasteiger partial charge >= 0.3 is 5.97 Å². The summed E-state index contributed by atoms with van der Waals surface area (Å²) in [6.07, 6.45) is 1.50. The third-order valence-electron chi connectivity index (χ3n) is 3.10. The van der Waals surface area contributed by atoms with Crippen molar-refractivity contribution in [1.29, 1.82) is 0 Å². The third kappa shape index (κ3) is 6.77. The molecule has 0 saturated heterocycles. The van der Waals surface area contributed by atoms with Gasteiger partial charge in [0.1, 0.15) is 0 Å². The van der Waals surface area contributed by atoms with Crippen molar-refractivity contribution in [3.63, 3.8) is 0 Å². The normalized spacial score (nSPS) is 12.7. The summed E-state index contributed by atoms with van der Waals surface area (Å²) in [5.74, 6) is -0.643. The number of amides is 1. The van der Waals surface area contributed by atoms with Crippen LogP contribution in [0.4, 0.5) is 0 Å². The topological polar surface area (TPSA) is 81.4 Å². The number of carbonyl (C=O) groups excluding carboxylic acids is 2. The molecule has 0 radical (unpaired) electrons. The second-order valence-electron chi connectivity index (χ2n) is 4.79. The highest BCUT2D eigenvalue weighted by molar-refractivity contribution is 9.10. The zero-order valence-electron chi connectivity index (χ0n) is 12.7. The maximum absolute atomic E-state index is 12.1. The van der Waals surface area contributed by atoms with E-state index >= 15 is 0 Å². The molecule has 0 fully saturated rings. The van der Waals surface area contributed by atoms with E-state index in [2.05, 4.69) is 26.0 Å². The first-order chi connectivity index (χ1) is 9.97. The lowest BCUT2D eigenvalue weighted by molar-refractivity contribution is -0.141. The number of ether oxygens (including phenoxy) is 1. The maximum atomic E-state index is 12.1. The molecule has 2 unspecified atom stereocenters. The largest absolute Gasteiger partial charge is 0.469 e. The third-order valence-corrected chi connectivity index (χ3v) is 3.60. The van der Waals surface area contributed by atoms with E-state index in [1.165, 1.54) is 7.11 Å². The smallest absolute Gasteiger partial charge is 0.307 e. The zero-order chi connectivity index (χ0) is 15.8. The number of halogens is 2. The monoisotopic (exact) mass is 392 g/mol. The van der Waals surface area contributed by atoms with Crippen LogP contribution in [0.25, 0.3) is 0 Å². The summed E-state index contributed by atoms with van der Waals surface area (Å²) in [5, 5.41) is 2.82. The fraction of sp³-hybridized carbons (Fsp3) is 0.467. The number of esters is 1. The summed E-state index contributed by atoms with van der Waals surface area (Å²) < 4.78 is 5.57. The average molecular weight is 394 g/mol. The molecule has 1 aromatic carbocycles. The van der Waals surface area contributed by atoms with Crippen LogP contribution in [0.2, 0.25) is 0 Å². The Morgan fingerprint density at radius 3 is 2.64 bits per heavy atom. The van der Waals surface area contributed by atoms with Crippen LogP contribution in [0.1, 0.15) is 37.8 Å². The molecule has 22 heavy (non-hydrogen) atoms. The van der Waals surface area contributed by atoms with Gasteiger partial charge in [-0.25, -0.2) is 0 Å². The van der Waals surface area contributed by atoms with E-state index in [4.69, 9.17) is 5.73 Å². The Balaban J connectivity index is 0.00000441. The molecule has 5 nitrogen and oxygen atoms in total. The summed E-state index contributed by atoms with van der Waals surface area (Å²) in [4.78, 5) is 23.6. The lowest BCUT2D eigenvalue weighted by Gasteiger charge is -2.20. The predicted octanol–water partition coefficient (Wildman–Crippen LogP) is 2.72. The van der Waals surface area contributed by atoms with Crippen LogP contribution in [0, 0.1) is 0 Å². The van der Waals surface area contributed by atoms with Crippen molar-refractivity contribution in [2.24, 2.45) is 5.73 Å². The minimum atomic E-state index is -0.567. The quantitative estimate of drug-likeness (QED) is 0.698. The second kappa shape index (κ2) is 10.6. The van der Waals surface area contributed by atoms with Crippen molar-refractivity contribution in [3.8, 4) is 0 Å². The molecule has 3 N–H and O–H groups in total. The Kier molecular flexibility index (Phi) is 10.1. The van der Waals surface area contributed by atoms with Crippen molar-refractivity contribution in [3.05, 3.63) is 34.3 Å². The minimum absolute atomic E-state index is 0. The molecular weight excluding hydrogens is 372 g/mol. The zero-order valence-corrected chi connectivity index (χ0v) is 15.1. The molecule has 0 aliphatic rings. The van der Waals surface area contributed by atoms with Crippen molar-refractivity contribution >= 4 is 40.2 Å². The molecular formula is C15H22BrClN2O3. The van der Waals surface area contributed by atoms with Gasteiger partial charge in [0.2, 0.25) is 5.91 Å². The lowest BCUT2D eigenvalue weighted by Crippen LogP contribution is -2.42. The van der Waals surface area contributed by atoms with E-state index in [-0.39, 0.29) is 30.7 Å². The van der Waals surface area contributed by atoms with Crippen molar-refractivity contribution in [1.82, 2.24) is 5.32 Å². The molecule has 2 atom stereocenters. The first-order valence-electron chi connectivity index (χ1n) is 6.86. The van der Waals surface area contributed by atoms with E-state index in [0.717, 1.165) is 16.5 Å². The van der Waals surface area contributed by atoms with E-state index in [1.54, 1.807) is 0 Å². The van der Waals surface area contributed by atoms with Gasteiger partial charge in [0.15, 0.2) is 0 Å². The summed E-state index contributed by atoms with van der Waals surface area (Å²) >= 11 is 3.38. The average Bonchev–Trinajstić information content (AvgIpc) is 2.46. The number of nitrogens with one attached hydrogen (secondary N) is 1. The molecule has 124 valence electrons. The van der Waals surface area contributed by atoms with Crippen LogP contribution >= 0.6 is 28.3 Å². The van der Waals surface area contributed by atoms with Crippen LogP contribution in [-0.4, -0.2) is 25.0 Å². The second-order valence-corrected chi connectivity index (χ2v) is 5.71. The van der Waals surface area contributed by atoms with Gasteiger partial charge in [-0.1, -0.05) is 41.4 Å². The van der Waals surface area contributed by atoms with Gasteiger partial charge < -0.3 is 15.8 Å². The van der Waals surface area contributed by atoms with Crippen LogP contribution in [-0.2, 0) is 14.3 Å². The van der Waals surface area contributed by atoms with E-state index in [1.807, 2.05) is 31.2 Å². The Morgan fingerprint density at radius 1 is 1.41 bits per heavy atom. The maximum Gasteiger partial charge on any atom is 0.307 e. The summed E-state index contributed by atoms with van der Waals surface area (Å²) in [7, 11) is 1.32. The Labute approximate surface area is 145 Å². The predicted molar refractivity (Wildman–Crippen MR) is 91.8 cm³/mol. The fourth-order valence-electron chi connectivity index (χ4n) is 1.95. The number of rotatable bonds is 7. The van der Waals surface area contributed by atoms with Crippen LogP contribution in [0.5, 0.6) is 0 Å². The molecule has 0 saturated carbocycles. The number of methoxy groups -OCH3 is 1. The first-order valence-corrected chi connectivity index (χ1v) is 7.65. The highest BCUT2D eigenvalue weighted by Crippen LogP contribution is 2.21. The highest BCUT2D eigenvalue weighted by atomic mass is 79.9. The summed E-state index contributed by atoms with van der Waals surface area (Å²) in [6, 6.07) is 6.42. The molecule has 0 aliphatic heterocycles. The molecule has 0 bridgehead atoms. The lowest BCUT2D eigenvalue weighted by atomic mass is 10.0. The van der Waals surface area contributed by atoms with E-state index in [0.29, 0.717) is 6.42 Å². The molecule has 0 spiro atoms. The van der Waals surface area contributed by atoms with Gasteiger partial charge in [0, 0.05) is 4.47 Å². The Bertz CT molecular complexity index is 499. The SMILES string of the molecule is CCCC(N)C(=O)NC(CC(=O)OC)c1cccc(Br)c1.Cl. The summed E-state index contributed by atoms with van der Waals surface area (Å²) in [5.41, 5.74) is 6.64. The molecule has 1 aromatic rings. The molecule has 1 rings (SSSR count). The van der Waals surface area contributed by atoms with Crippen LogP contribution in [0.15, 0.2) is 28.7 Å². The van der Waals surface area contributed by atoms with Crippen LogP contribution in [0.3, 0.4) is 0 Å². The number of hydrogen-bond acceptors (Lipinski definition) is 4. The number of carbonyl (C=O) groups is 2. The van der Waals surface area contributed by atoms with Gasteiger partial charge in [0.05, 0.1) is 25.6 Å². The molecule has 0 aliphatic carbocycles. The Morgan fingerprint density at radius 2 is 2.09 bits per heavy atom. The first kappa shape index (κ1) is 20.9. The molecule has 7 heteroatoms. The highest BCUT2D eigenvalue weighted by Gasteiger charge is 2.22. The standard InChI is InChI=1S/C15H21BrN2O3.ClH/c1-3-5-12(17)15(20)18-13(9-14(19)21-2)10-6-4-7-11(16)8-10;/h4,6-8,12-13H,3,5,9,17H2,1-2H3,(H,18,20);1H. The van der Waals surface area contributed by atoms with E-state index < -0.39 is 12.1 Å². The molecule has 0 heterocycles. The van der Waals surface area contributed by atoms with Crippen molar-refractivity contribution in [2.75, 3.05) is 7.11 Å². The van der Waals surface area contributed by atoms with Gasteiger partial charge in [-0.2, -0.15) is 0 Å². The number of benzene rings is 1. The van der Waals surface area contributed by atoms with E-state index in [9.17, 15) is 9.59 Å². The molecule has 0 aromatic heterocycles. The summed E-state index contributed by atoms with van der Waals surface area (Å²) in [6.45, 7) is 1.97. The number of hydrogen-bond donors (Lipinski definition) is 2. The minimum Gasteiger partial charge on any atom is -0.469 e. The van der Waals surface area contributed by atoms with Crippen molar-refractivity contribution in [2.45, 2.75) is 38.3 Å². The van der Waals surface area contributed by atoms with Crippen molar-refractivity contribution < 1.29 is 14.3 Å². The fourth-order valence-corrected chi connectivity index (χ4v) is 2.36. The van der Waals surface area contributed by atoms with Gasteiger partial charge in [-0.15, -0.1) is 12.4 Å².